The van der Waals surface area contributed by atoms with Gasteiger partial charge in [-0.3, -0.25) is 4.79 Å². The molecule has 26 heavy (non-hydrogen) atoms. The third kappa shape index (κ3) is 5.58. The van der Waals surface area contributed by atoms with Crippen LogP contribution in [0.4, 0.5) is 4.79 Å². The summed E-state index contributed by atoms with van der Waals surface area (Å²) in [6.45, 7) is 11.4. The maximum Gasteiger partial charge on any atom is 0.409 e. The molecule has 1 atom stereocenters. The molecule has 0 aromatic rings. The van der Waals surface area contributed by atoms with Crippen LogP contribution in [0.25, 0.3) is 0 Å². The molecule has 2 amide bonds. The molecule has 2 aliphatic rings. The number of likely N-dealkylation sites (tertiary alicyclic amines) is 2. The van der Waals surface area contributed by atoms with Crippen LogP contribution in [0.2, 0.25) is 0 Å². The fourth-order valence-corrected chi connectivity index (χ4v) is 3.75. The Morgan fingerprint density at radius 1 is 1.31 bits per heavy atom. The SMILES string of the molecule is CCOC(=O)N1CCC(NCC2(O)CCCN(CC(C)(C)C)C2=O)CC1. The summed E-state index contributed by atoms with van der Waals surface area (Å²) in [6, 6.07) is 0.204. The Balaban J connectivity index is 1.83. The lowest BCUT2D eigenvalue weighted by Gasteiger charge is -2.42. The number of carbonyl (C=O) groups is 2. The molecule has 0 spiro atoms. The van der Waals surface area contributed by atoms with Gasteiger partial charge in [0.25, 0.3) is 5.91 Å². The lowest BCUT2D eigenvalue weighted by atomic mass is 9.88. The van der Waals surface area contributed by atoms with Gasteiger partial charge in [-0.25, -0.2) is 4.79 Å². The van der Waals surface area contributed by atoms with Crippen LogP contribution in [0, 0.1) is 5.41 Å². The van der Waals surface area contributed by atoms with Crippen LogP contribution in [0.5, 0.6) is 0 Å². The number of rotatable bonds is 5. The summed E-state index contributed by atoms with van der Waals surface area (Å²) in [5.41, 5.74) is -1.30. The van der Waals surface area contributed by atoms with Crippen LogP contribution < -0.4 is 5.32 Å². The number of piperidine rings is 2. The van der Waals surface area contributed by atoms with E-state index in [1.165, 1.54) is 0 Å². The lowest BCUT2D eigenvalue weighted by Crippen LogP contribution is -2.60. The Labute approximate surface area is 157 Å². The molecular weight excluding hydrogens is 334 g/mol. The van der Waals surface area contributed by atoms with Gasteiger partial charge in [0.2, 0.25) is 0 Å². The van der Waals surface area contributed by atoms with Crippen LogP contribution in [-0.2, 0) is 9.53 Å². The second-order valence-corrected chi connectivity index (χ2v) is 8.76. The first-order valence-electron chi connectivity index (χ1n) is 9.81. The van der Waals surface area contributed by atoms with Crippen LogP contribution in [0.1, 0.15) is 53.4 Å². The van der Waals surface area contributed by atoms with Crippen molar-refractivity contribution in [3.63, 3.8) is 0 Å². The van der Waals surface area contributed by atoms with Gasteiger partial charge in [0.15, 0.2) is 5.60 Å². The smallest absolute Gasteiger partial charge is 0.409 e. The minimum absolute atomic E-state index is 0.0151. The van der Waals surface area contributed by atoms with Crippen LogP contribution in [-0.4, -0.2) is 77.9 Å². The first-order valence-corrected chi connectivity index (χ1v) is 9.81. The Morgan fingerprint density at radius 3 is 2.54 bits per heavy atom. The fourth-order valence-electron chi connectivity index (χ4n) is 3.75. The Kier molecular flexibility index (Phi) is 6.91. The molecule has 2 aliphatic heterocycles. The zero-order valence-corrected chi connectivity index (χ0v) is 16.7. The van der Waals surface area contributed by atoms with Gasteiger partial charge >= 0.3 is 6.09 Å². The normalized spacial score (nSPS) is 25.5. The summed E-state index contributed by atoms with van der Waals surface area (Å²) in [5.74, 6) is -0.157. The number of ether oxygens (including phenoxy) is 1. The van der Waals surface area contributed by atoms with E-state index in [1.807, 2.05) is 0 Å². The molecule has 0 aromatic carbocycles. The summed E-state index contributed by atoms with van der Waals surface area (Å²) in [6.07, 6.45) is 2.66. The van der Waals surface area contributed by atoms with Gasteiger partial charge in [-0.15, -0.1) is 0 Å². The number of hydrogen-bond acceptors (Lipinski definition) is 5. The largest absolute Gasteiger partial charge is 0.450 e. The Bertz CT molecular complexity index is 498. The Morgan fingerprint density at radius 2 is 1.96 bits per heavy atom. The summed E-state index contributed by atoms with van der Waals surface area (Å²) < 4.78 is 5.03. The molecule has 2 heterocycles. The molecule has 2 rings (SSSR count). The molecule has 0 bridgehead atoms. The van der Waals surface area contributed by atoms with E-state index in [0.29, 0.717) is 32.7 Å². The summed E-state index contributed by atoms with van der Waals surface area (Å²) in [4.78, 5) is 28.0. The molecule has 2 saturated heterocycles. The van der Waals surface area contributed by atoms with Crippen molar-refractivity contribution in [3.05, 3.63) is 0 Å². The van der Waals surface area contributed by atoms with Crippen molar-refractivity contribution in [1.82, 2.24) is 15.1 Å². The molecule has 2 N–H and O–H groups in total. The van der Waals surface area contributed by atoms with Crippen molar-refractivity contribution in [2.45, 2.75) is 65.0 Å². The van der Waals surface area contributed by atoms with Crippen molar-refractivity contribution in [2.75, 3.05) is 39.3 Å². The van der Waals surface area contributed by atoms with Gasteiger partial charge in [0.05, 0.1) is 6.61 Å². The number of carbonyl (C=O) groups excluding carboxylic acids is 2. The number of nitrogens with one attached hydrogen (secondary N) is 1. The minimum atomic E-state index is -1.32. The van der Waals surface area contributed by atoms with E-state index >= 15 is 0 Å². The van der Waals surface area contributed by atoms with Crippen molar-refractivity contribution in [3.8, 4) is 0 Å². The molecule has 2 fully saturated rings. The summed E-state index contributed by atoms with van der Waals surface area (Å²) in [7, 11) is 0. The zero-order valence-electron chi connectivity index (χ0n) is 16.7. The van der Waals surface area contributed by atoms with Gasteiger partial charge in [0, 0.05) is 38.8 Å². The Hall–Kier alpha value is -1.34. The topological polar surface area (TPSA) is 82.1 Å². The maximum atomic E-state index is 12.8. The van der Waals surface area contributed by atoms with E-state index in [-0.39, 0.29) is 30.0 Å². The zero-order chi connectivity index (χ0) is 19.4. The van der Waals surface area contributed by atoms with Crippen LogP contribution in [0.15, 0.2) is 0 Å². The summed E-state index contributed by atoms with van der Waals surface area (Å²) in [5, 5.41) is 14.3. The average Bonchev–Trinajstić information content (AvgIpc) is 2.57. The lowest BCUT2D eigenvalue weighted by molar-refractivity contribution is -0.158. The van der Waals surface area contributed by atoms with E-state index in [0.717, 1.165) is 25.8 Å². The van der Waals surface area contributed by atoms with E-state index in [1.54, 1.807) is 16.7 Å². The molecule has 0 aliphatic carbocycles. The van der Waals surface area contributed by atoms with E-state index < -0.39 is 5.60 Å². The standard InChI is InChI=1S/C19H35N3O4/c1-5-26-17(24)21-11-7-15(8-12-21)20-13-19(25)9-6-10-22(16(19)23)14-18(2,3)4/h15,20,25H,5-14H2,1-4H3. The molecule has 7 heteroatoms. The number of aliphatic hydroxyl groups is 1. The van der Waals surface area contributed by atoms with E-state index in [4.69, 9.17) is 4.74 Å². The molecule has 1 unspecified atom stereocenters. The van der Waals surface area contributed by atoms with Gasteiger partial charge in [-0.05, 0) is 38.0 Å². The molecule has 150 valence electrons. The third-order valence-corrected chi connectivity index (χ3v) is 5.07. The van der Waals surface area contributed by atoms with Crippen molar-refractivity contribution in [2.24, 2.45) is 5.41 Å². The minimum Gasteiger partial charge on any atom is -0.450 e. The number of amides is 2. The second-order valence-electron chi connectivity index (χ2n) is 8.76. The predicted octanol–water partition coefficient (Wildman–Crippen LogP) is 1.60. The maximum absolute atomic E-state index is 12.8. The summed E-state index contributed by atoms with van der Waals surface area (Å²) >= 11 is 0. The van der Waals surface area contributed by atoms with Crippen molar-refractivity contribution < 1.29 is 19.4 Å². The van der Waals surface area contributed by atoms with Gasteiger partial charge < -0.3 is 25.0 Å². The van der Waals surface area contributed by atoms with E-state index in [9.17, 15) is 14.7 Å². The first kappa shape index (κ1) is 21.0. The van der Waals surface area contributed by atoms with Gasteiger partial charge in [0.1, 0.15) is 0 Å². The quantitative estimate of drug-likeness (QED) is 0.769. The predicted molar refractivity (Wildman–Crippen MR) is 99.8 cm³/mol. The number of nitrogens with zero attached hydrogens (tertiary/aromatic N) is 2. The van der Waals surface area contributed by atoms with Gasteiger partial charge in [-0.1, -0.05) is 20.8 Å². The fraction of sp³-hybridized carbons (Fsp3) is 0.895. The van der Waals surface area contributed by atoms with Gasteiger partial charge in [-0.2, -0.15) is 0 Å². The monoisotopic (exact) mass is 369 g/mol. The van der Waals surface area contributed by atoms with Crippen molar-refractivity contribution in [1.29, 1.82) is 0 Å². The third-order valence-electron chi connectivity index (χ3n) is 5.07. The number of hydrogen-bond donors (Lipinski definition) is 2. The average molecular weight is 370 g/mol. The van der Waals surface area contributed by atoms with Crippen LogP contribution >= 0.6 is 0 Å². The highest BCUT2D eigenvalue weighted by molar-refractivity contribution is 5.86. The van der Waals surface area contributed by atoms with Crippen molar-refractivity contribution >= 4 is 12.0 Å². The van der Waals surface area contributed by atoms with E-state index in [2.05, 4.69) is 26.1 Å². The second kappa shape index (κ2) is 8.57. The molecule has 0 saturated carbocycles. The highest BCUT2D eigenvalue weighted by atomic mass is 16.6. The first-order chi connectivity index (χ1) is 12.1. The van der Waals surface area contributed by atoms with Crippen LogP contribution in [0.3, 0.4) is 0 Å². The molecule has 7 nitrogen and oxygen atoms in total. The molecular formula is C19H35N3O4. The molecule has 0 radical (unpaired) electrons. The highest BCUT2D eigenvalue weighted by Gasteiger charge is 2.43. The highest BCUT2D eigenvalue weighted by Crippen LogP contribution is 2.26. The molecule has 0 aromatic heterocycles.